The van der Waals surface area contributed by atoms with Gasteiger partial charge in [0, 0.05) is 24.9 Å². The molecule has 0 aromatic rings. The minimum atomic E-state index is -3.07. The van der Waals surface area contributed by atoms with E-state index in [1.165, 1.54) is 25.7 Å². The van der Waals surface area contributed by atoms with Gasteiger partial charge in [-0.3, -0.25) is 0 Å². The molecule has 4 atom stereocenters. The molecule has 6 heteroatoms. The van der Waals surface area contributed by atoms with E-state index in [9.17, 15) is 13.2 Å². The van der Waals surface area contributed by atoms with Gasteiger partial charge >= 0.3 is 6.03 Å². The minimum Gasteiger partial charge on any atom is -0.338 e. The van der Waals surface area contributed by atoms with E-state index in [1.807, 2.05) is 13.8 Å². The van der Waals surface area contributed by atoms with Gasteiger partial charge in [-0.1, -0.05) is 13.3 Å². The topological polar surface area (TPSA) is 66.5 Å². The molecule has 2 bridgehead atoms. The van der Waals surface area contributed by atoms with Crippen molar-refractivity contribution >= 4 is 15.9 Å². The maximum atomic E-state index is 12.4. The van der Waals surface area contributed by atoms with Crippen molar-refractivity contribution < 1.29 is 13.2 Å². The van der Waals surface area contributed by atoms with Crippen molar-refractivity contribution in [2.24, 2.45) is 17.8 Å². The summed E-state index contributed by atoms with van der Waals surface area (Å²) in [7, 11) is -3.07. The molecular formula is C16H30N2O3S. The molecule has 5 nitrogen and oxygen atoms in total. The van der Waals surface area contributed by atoms with Crippen LogP contribution in [0.4, 0.5) is 4.79 Å². The zero-order valence-corrected chi connectivity index (χ0v) is 14.9. The molecule has 0 aromatic heterocycles. The predicted molar refractivity (Wildman–Crippen MR) is 88.5 cm³/mol. The van der Waals surface area contributed by atoms with Crippen LogP contribution in [0.5, 0.6) is 0 Å². The average molecular weight is 330 g/mol. The van der Waals surface area contributed by atoms with Crippen molar-refractivity contribution in [3.63, 3.8) is 0 Å². The number of carbonyl (C=O) groups is 1. The van der Waals surface area contributed by atoms with E-state index >= 15 is 0 Å². The molecule has 0 aromatic carbocycles. The molecule has 0 saturated heterocycles. The number of urea groups is 1. The van der Waals surface area contributed by atoms with Crippen molar-refractivity contribution in [2.75, 3.05) is 24.6 Å². The predicted octanol–water partition coefficient (Wildman–Crippen LogP) is 2.28. The molecule has 22 heavy (non-hydrogen) atoms. The summed E-state index contributed by atoms with van der Waals surface area (Å²) in [6, 6.07) is -0.404. The molecule has 2 rings (SSSR count). The van der Waals surface area contributed by atoms with Crippen LogP contribution < -0.4 is 5.32 Å². The van der Waals surface area contributed by atoms with E-state index in [0.717, 1.165) is 18.4 Å². The fourth-order valence-electron chi connectivity index (χ4n) is 4.18. The molecule has 2 aliphatic rings. The van der Waals surface area contributed by atoms with Gasteiger partial charge in [0.05, 0.1) is 5.75 Å². The van der Waals surface area contributed by atoms with Gasteiger partial charge in [0.1, 0.15) is 0 Å². The first-order valence-corrected chi connectivity index (χ1v) is 10.4. The number of hydrogen-bond acceptors (Lipinski definition) is 3. The van der Waals surface area contributed by atoms with E-state index in [2.05, 4.69) is 5.32 Å². The Bertz CT molecular complexity index is 492. The number of sulfone groups is 1. The second-order valence-corrected chi connectivity index (χ2v) is 9.35. The smallest absolute Gasteiger partial charge is 0.317 e. The Labute approximate surface area is 134 Å². The fraction of sp³-hybridized carbons (Fsp3) is 0.938. The summed E-state index contributed by atoms with van der Waals surface area (Å²) in [5.41, 5.74) is 0. The maximum Gasteiger partial charge on any atom is 0.317 e. The highest BCUT2D eigenvalue weighted by Gasteiger charge is 2.39. The Morgan fingerprint density at radius 2 is 2.00 bits per heavy atom. The van der Waals surface area contributed by atoms with Crippen LogP contribution in [0.3, 0.4) is 0 Å². The van der Waals surface area contributed by atoms with Gasteiger partial charge < -0.3 is 10.2 Å². The van der Waals surface area contributed by atoms with Gasteiger partial charge in [0.25, 0.3) is 0 Å². The molecule has 0 radical (unpaired) electrons. The fourth-order valence-corrected chi connectivity index (χ4v) is 5.33. The van der Waals surface area contributed by atoms with Gasteiger partial charge in [-0.25, -0.2) is 13.2 Å². The minimum absolute atomic E-state index is 0.0406. The van der Waals surface area contributed by atoms with Crippen LogP contribution in [0, 0.1) is 17.8 Å². The van der Waals surface area contributed by atoms with E-state index in [4.69, 9.17) is 0 Å². The molecule has 2 amide bonds. The van der Waals surface area contributed by atoms with Crippen LogP contribution in [0.15, 0.2) is 0 Å². The molecule has 1 N–H and O–H groups in total. The number of nitrogens with one attached hydrogen (secondary N) is 1. The van der Waals surface area contributed by atoms with Gasteiger partial charge in [0.2, 0.25) is 0 Å². The maximum absolute atomic E-state index is 12.4. The number of amides is 2. The zero-order valence-electron chi connectivity index (χ0n) is 14.0. The van der Waals surface area contributed by atoms with Crippen LogP contribution in [0.25, 0.3) is 0 Å². The number of carbonyl (C=O) groups excluding carboxylic acids is 1. The number of fused-ring (bicyclic) bond motifs is 2. The van der Waals surface area contributed by atoms with Gasteiger partial charge in [-0.05, 0) is 50.9 Å². The molecule has 0 unspecified atom stereocenters. The van der Waals surface area contributed by atoms with E-state index in [1.54, 1.807) is 11.8 Å². The van der Waals surface area contributed by atoms with Crippen molar-refractivity contribution in [3.8, 4) is 0 Å². The Morgan fingerprint density at radius 1 is 1.27 bits per heavy atom. The molecule has 128 valence electrons. The summed E-state index contributed by atoms with van der Waals surface area (Å²) in [6.45, 7) is 6.63. The van der Waals surface area contributed by atoms with Crippen molar-refractivity contribution in [1.82, 2.24) is 10.2 Å². The van der Waals surface area contributed by atoms with Gasteiger partial charge in [-0.15, -0.1) is 0 Å². The van der Waals surface area contributed by atoms with Crippen LogP contribution in [0.2, 0.25) is 0 Å². The van der Waals surface area contributed by atoms with Crippen molar-refractivity contribution in [2.45, 2.75) is 52.5 Å². The quantitative estimate of drug-likeness (QED) is 0.779. The van der Waals surface area contributed by atoms with E-state index < -0.39 is 9.84 Å². The molecule has 0 aliphatic heterocycles. The Morgan fingerprint density at radius 3 is 2.50 bits per heavy atom. The molecule has 2 saturated carbocycles. The van der Waals surface area contributed by atoms with Gasteiger partial charge in [-0.2, -0.15) is 0 Å². The van der Waals surface area contributed by atoms with Crippen LogP contribution >= 0.6 is 0 Å². The molecule has 0 heterocycles. The summed E-state index contributed by atoms with van der Waals surface area (Å²) < 4.78 is 23.5. The second kappa shape index (κ2) is 7.20. The molecule has 2 fully saturated rings. The Kier molecular flexibility index (Phi) is 5.75. The van der Waals surface area contributed by atoms with Crippen molar-refractivity contribution in [1.29, 1.82) is 0 Å². The first-order chi connectivity index (χ1) is 10.4. The lowest BCUT2D eigenvalue weighted by Gasteiger charge is -2.29. The Hall–Kier alpha value is -0.780. The highest BCUT2D eigenvalue weighted by Crippen LogP contribution is 2.47. The summed E-state index contributed by atoms with van der Waals surface area (Å²) in [4.78, 5) is 14.0. The first-order valence-electron chi connectivity index (χ1n) is 8.61. The first kappa shape index (κ1) is 17.6. The highest BCUT2D eigenvalue weighted by molar-refractivity contribution is 7.91. The molecule has 0 spiro atoms. The highest BCUT2D eigenvalue weighted by atomic mass is 32.2. The molecule has 2 aliphatic carbocycles. The molecular weight excluding hydrogens is 300 g/mol. The zero-order chi connectivity index (χ0) is 16.3. The van der Waals surface area contributed by atoms with Gasteiger partial charge in [0.15, 0.2) is 9.84 Å². The standard InChI is InChI=1S/C16H30N2O3S/c1-4-18(12(3)11-22(20,21)5-2)16(19)17-10-15-9-13-6-7-14(15)8-13/h12-15H,4-11H2,1-3H3,(H,17,19)/t12-,13-,14-,15+/m0/s1. The second-order valence-electron chi connectivity index (χ2n) is 6.95. The van der Waals surface area contributed by atoms with Crippen LogP contribution in [-0.2, 0) is 9.84 Å². The third-order valence-corrected chi connectivity index (χ3v) is 7.34. The third-order valence-electron chi connectivity index (χ3n) is 5.47. The average Bonchev–Trinajstić information content (AvgIpc) is 3.07. The third kappa shape index (κ3) is 4.15. The monoisotopic (exact) mass is 330 g/mol. The number of nitrogens with zero attached hydrogens (tertiary/aromatic N) is 1. The largest absolute Gasteiger partial charge is 0.338 e. The number of hydrogen-bond donors (Lipinski definition) is 1. The van der Waals surface area contributed by atoms with Crippen molar-refractivity contribution in [3.05, 3.63) is 0 Å². The lowest BCUT2D eigenvalue weighted by molar-refractivity contribution is 0.183. The van der Waals surface area contributed by atoms with Crippen LogP contribution in [0.1, 0.15) is 46.5 Å². The summed E-state index contributed by atoms with van der Waals surface area (Å²) in [6.07, 6.45) is 5.26. The summed E-state index contributed by atoms with van der Waals surface area (Å²) in [5.74, 6) is 2.46. The Balaban J connectivity index is 1.83. The lowest BCUT2D eigenvalue weighted by Crippen LogP contribution is -2.48. The summed E-state index contributed by atoms with van der Waals surface area (Å²) >= 11 is 0. The normalized spacial score (nSPS) is 28.6. The van der Waals surface area contributed by atoms with E-state index in [0.29, 0.717) is 12.5 Å². The SMILES string of the molecule is CCN(C(=O)NC[C@H]1C[C@H]2CC[C@H]1C2)[C@@H](C)CS(=O)(=O)CC. The summed E-state index contributed by atoms with van der Waals surface area (Å²) in [5, 5.41) is 3.04. The number of rotatable bonds is 7. The van der Waals surface area contributed by atoms with Crippen LogP contribution in [-0.4, -0.2) is 50.0 Å². The lowest BCUT2D eigenvalue weighted by atomic mass is 9.89. The van der Waals surface area contributed by atoms with E-state index in [-0.39, 0.29) is 23.6 Å².